The first-order valence-electron chi connectivity index (χ1n) is 7.83. The number of hydrogen-bond donors (Lipinski definition) is 2. The van der Waals surface area contributed by atoms with E-state index in [4.69, 9.17) is 11.6 Å². The van der Waals surface area contributed by atoms with Gasteiger partial charge < -0.3 is 15.2 Å². The second-order valence-electron chi connectivity index (χ2n) is 5.23. The quantitative estimate of drug-likeness (QED) is 0.881. The van der Waals surface area contributed by atoms with Crippen molar-refractivity contribution in [3.8, 4) is 11.4 Å². The molecule has 1 fully saturated rings. The van der Waals surface area contributed by atoms with Crippen molar-refractivity contribution in [2.24, 2.45) is 0 Å². The number of anilines is 1. The third-order valence-electron chi connectivity index (χ3n) is 3.22. The average Bonchev–Trinajstić information content (AvgIpc) is 2.59. The topological polar surface area (TPSA) is 73.9 Å². The van der Waals surface area contributed by atoms with Gasteiger partial charge in [-0.1, -0.05) is 31.9 Å². The second-order valence-corrected chi connectivity index (χ2v) is 5.61. The molecule has 124 valence electrons. The number of aromatic nitrogens is 3. The standard InChI is InChI=1S/C13H14ClN5O.C3H8/c14-10-12(19-7-5-16-6-8-19)17-11(18-13(10)20)9-1-3-15-4-2-9;1-3-2/h1-4,16H,5-8H2,(H,17,18,20);3H2,1-2H3. The number of piperazine rings is 1. The molecule has 0 amide bonds. The monoisotopic (exact) mass is 335 g/mol. The lowest BCUT2D eigenvalue weighted by molar-refractivity contribution is 0.584. The van der Waals surface area contributed by atoms with Crippen LogP contribution in [-0.4, -0.2) is 41.1 Å². The summed E-state index contributed by atoms with van der Waals surface area (Å²) >= 11 is 6.11. The first-order chi connectivity index (χ1) is 11.2. The Kier molecular flexibility index (Phi) is 6.55. The fraction of sp³-hybridized carbons (Fsp3) is 0.438. The maximum atomic E-state index is 12.0. The molecule has 7 heteroatoms. The number of aromatic amines is 1. The number of pyridine rings is 1. The van der Waals surface area contributed by atoms with E-state index in [2.05, 4.69) is 34.1 Å². The van der Waals surface area contributed by atoms with Crippen molar-refractivity contribution >= 4 is 17.4 Å². The van der Waals surface area contributed by atoms with Crippen LogP contribution in [0.1, 0.15) is 20.3 Å². The Morgan fingerprint density at radius 2 is 1.83 bits per heavy atom. The number of hydrogen-bond acceptors (Lipinski definition) is 5. The van der Waals surface area contributed by atoms with Crippen molar-refractivity contribution in [1.82, 2.24) is 20.3 Å². The van der Waals surface area contributed by atoms with E-state index in [1.165, 1.54) is 6.42 Å². The summed E-state index contributed by atoms with van der Waals surface area (Å²) < 4.78 is 0. The normalized spacial score (nSPS) is 14.1. The molecule has 0 unspecified atom stereocenters. The van der Waals surface area contributed by atoms with Crippen LogP contribution >= 0.6 is 11.6 Å². The van der Waals surface area contributed by atoms with Crippen LogP contribution in [0.25, 0.3) is 11.4 Å². The summed E-state index contributed by atoms with van der Waals surface area (Å²) in [5, 5.41) is 3.40. The molecule has 3 heterocycles. The van der Waals surface area contributed by atoms with E-state index in [9.17, 15) is 4.79 Å². The van der Waals surface area contributed by atoms with Gasteiger partial charge in [0.15, 0.2) is 5.82 Å². The minimum atomic E-state index is -0.318. The van der Waals surface area contributed by atoms with E-state index in [-0.39, 0.29) is 10.6 Å². The molecule has 6 nitrogen and oxygen atoms in total. The molecule has 23 heavy (non-hydrogen) atoms. The zero-order chi connectivity index (χ0) is 16.7. The Morgan fingerprint density at radius 3 is 2.43 bits per heavy atom. The highest BCUT2D eigenvalue weighted by molar-refractivity contribution is 6.32. The SMILES string of the molecule is CCC.O=c1[nH]c(-c2ccncc2)nc(N2CCNCC2)c1Cl. The first-order valence-corrected chi connectivity index (χ1v) is 8.21. The molecule has 0 spiro atoms. The molecule has 1 aliphatic heterocycles. The number of H-pyrrole nitrogens is 1. The molecular formula is C16H22ClN5O. The van der Waals surface area contributed by atoms with Crippen LogP contribution in [0.3, 0.4) is 0 Å². The van der Waals surface area contributed by atoms with E-state index < -0.39 is 0 Å². The summed E-state index contributed by atoms with van der Waals surface area (Å²) in [6.07, 6.45) is 4.57. The van der Waals surface area contributed by atoms with Gasteiger partial charge >= 0.3 is 0 Å². The maximum Gasteiger partial charge on any atom is 0.272 e. The third kappa shape index (κ3) is 4.53. The number of nitrogens with zero attached hydrogens (tertiary/aromatic N) is 3. The molecule has 2 N–H and O–H groups in total. The van der Waals surface area contributed by atoms with Crippen molar-refractivity contribution in [2.45, 2.75) is 20.3 Å². The van der Waals surface area contributed by atoms with Gasteiger partial charge in [0.1, 0.15) is 10.8 Å². The van der Waals surface area contributed by atoms with Crippen LogP contribution in [0.5, 0.6) is 0 Å². The van der Waals surface area contributed by atoms with Gasteiger partial charge in [-0.05, 0) is 12.1 Å². The molecule has 0 radical (unpaired) electrons. The Bertz CT molecular complexity index is 668. The van der Waals surface area contributed by atoms with Gasteiger partial charge in [0.2, 0.25) is 0 Å². The van der Waals surface area contributed by atoms with Crippen molar-refractivity contribution in [3.05, 3.63) is 39.9 Å². The van der Waals surface area contributed by atoms with Crippen molar-refractivity contribution in [1.29, 1.82) is 0 Å². The molecular weight excluding hydrogens is 314 g/mol. The highest BCUT2D eigenvalue weighted by atomic mass is 35.5. The summed E-state index contributed by atoms with van der Waals surface area (Å²) in [6, 6.07) is 3.60. The minimum absolute atomic E-state index is 0.143. The zero-order valence-corrected chi connectivity index (χ0v) is 14.2. The Hall–Kier alpha value is -1.92. The maximum absolute atomic E-state index is 12.0. The molecule has 0 atom stereocenters. The molecule has 0 aliphatic carbocycles. The second kappa shape index (κ2) is 8.64. The average molecular weight is 336 g/mol. The van der Waals surface area contributed by atoms with Crippen LogP contribution in [0.4, 0.5) is 5.82 Å². The van der Waals surface area contributed by atoms with Crippen molar-refractivity contribution in [2.75, 3.05) is 31.1 Å². The zero-order valence-electron chi connectivity index (χ0n) is 13.5. The largest absolute Gasteiger partial charge is 0.353 e. The van der Waals surface area contributed by atoms with Crippen LogP contribution < -0.4 is 15.8 Å². The summed E-state index contributed by atoms with van der Waals surface area (Å²) in [5.41, 5.74) is 0.493. The molecule has 0 bridgehead atoms. The summed E-state index contributed by atoms with van der Waals surface area (Å²) in [5.74, 6) is 1.05. The Labute approximate surface area is 140 Å². The van der Waals surface area contributed by atoms with Crippen LogP contribution in [0.15, 0.2) is 29.3 Å². The van der Waals surface area contributed by atoms with E-state index >= 15 is 0 Å². The fourth-order valence-corrected chi connectivity index (χ4v) is 2.39. The lowest BCUT2D eigenvalue weighted by Gasteiger charge is -2.29. The summed E-state index contributed by atoms with van der Waals surface area (Å²) in [7, 11) is 0. The van der Waals surface area contributed by atoms with Gasteiger partial charge in [0, 0.05) is 44.1 Å². The molecule has 1 saturated heterocycles. The van der Waals surface area contributed by atoms with Gasteiger partial charge in [-0.3, -0.25) is 9.78 Å². The summed E-state index contributed by atoms with van der Waals surface area (Å²) in [4.78, 5) is 25.2. The van der Waals surface area contributed by atoms with Crippen LogP contribution in [-0.2, 0) is 0 Å². The Balaban J connectivity index is 0.000000595. The molecule has 3 rings (SSSR count). The van der Waals surface area contributed by atoms with Gasteiger partial charge in [-0.15, -0.1) is 0 Å². The molecule has 0 aromatic carbocycles. The number of halogens is 1. The van der Waals surface area contributed by atoms with Gasteiger partial charge in [-0.2, -0.15) is 0 Å². The predicted octanol–water partition coefficient (Wildman–Crippen LogP) is 2.31. The lowest BCUT2D eigenvalue weighted by Crippen LogP contribution is -2.44. The van der Waals surface area contributed by atoms with E-state index in [1.807, 2.05) is 4.90 Å². The third-order valence-corrected chi connectivity index (χ3v) is 3.56. The Morgan fingerprint density at radius 1 is 1.22 bits per heavy atom. The van der Waals surface area contributed by atoms with Gasteiger partial charge in [-0.25, -0.2) is 4.98 Å². The molecule has 0 saturated carbocycles. The fourth-order valence-electron chi connectivity index (χ4n) is 2.18. The smallest absolute Gasteiger partial charge is 0.272 e. The van der Waals surface area contributed by atoms with E-state index in [0.29, 0.717) is 11.6 Å². The lowest BCUT2D eigenvalue weighted by atomic mass is 10.2. The van der Waals surface area contributed by atoms with E-state index in [1.54, 1.807) is 24.5 Å². The predicted molar refractivity (Wildman–Crippen MR) is 94.1 cm³/mol. The summed E-state index contributed by atoms with van der Waals surface area (Å²) in [6.45, 7) is 7.53. The van der Waals surface area contributed by atoms with Crippen molar-refractivity contribution < 1.29 is 0 Å². The highest BCUT2D eigenvalue weighted by Crippen LogP contribution is 2.23. The van der Waals surface area contributed by atoms with Crippen LogP contribution in [0, 0.1) is 0 Å². The first kappa shape index (κ1) is 17.4. The minimum Gasteiger partial charge on any atom is -0.353 e. The van der Waals surface area contributed by atoms with E-state index in [0.717, 1.165) is 31.7 Å². The highest BCUT2D eigenvalue weighted by Gasteiger charge is 2.18. The molecule has 2 aromatic heterocycles. The molecule has 1 aliphatic rings. The number of nitrogens with one attached hydrogen (secondary N) is 2. The van der Waals surface area contributed by atoms with Crippen LogP contribution in [0.2, 0.25) is 5.02 Å². The van der Waals surface area contributed by atoms with Crippen molar-refractivity contribution in [3.63, 3.8) is 0 Å². The van der Waals surface area contributed by atoms with Gasteiger partial charge in [0.05, 0.1) is 0 Å². The molecule has 2 aromatic rings. The van der Waals surface area contributed by atoms with Gasteiger partial charge in [0.25, 0.3) is 5.56 Å². The number of rotatable bonds is 2.